The lowest BCUT2D eigenvalue weighted by molar-refractivity contribution is 0.240. The summed E-state index contributed by atoms with van der Waals surface area (Å²) in [7, 11) is 0. The van der Waals surface area contributed by atoms with Crippen molar-refractivity contribution in [3.05, 3.63) is 89.2 Å². The molecule has 0 atom stereocenters. The van der Waals surface area contributed by atoms with Crippen molar-refractivity contribution < 1.29 is 14.3 Å². The average molecular weight is 403 g/mol. The molecular formula is C24H25N3O3. The van der Waals surface area contributed by atoms with Gasteiger partial charge in [0.05, 0.1) is 12.3 Å². The first kappa shape index (κ1) is 19.8. The van der Waals surface area contributed by atoms with Crippen LogP contribution in [-0.4, -0.2) is 24.2 Å². The zero-order valence-electron chi connectivity index (χ0n) is 16.8. The summed E-state index contributed by atoms with van der Waals surface area (Å²) in [6, 6.07) is 19.5. The number of nitrogens with zero attached hydrogens (tertiary/aromatic N) is 1. The fraction of sp³-hybridized carbons (Fsp3) is 0.250. The first-order valence-corrected chi connectivity index (χ1v) is 10.1. The van der Waals surface area contributed by atoms with E-state index >= 15 is 0 Å². The minimum Gasteiger partial charge on any atom is -0.493 e. The van der Waals surface area contributed by atoms with Crippen molar-refractivity contribution >= 4 is 6.03 Å². The van der Waals surface area contributed by atoms with Gasteiger partial charge in [0.2, 0.25) is 0 Å². The van der Waals surface area contributed by atoms with Crippen molar-refractivity contribution in [1.82, 2.24) is 15.6 Å². The molecule has 4 rings (SSSR count). The van der Waals surface area contributed by atoms with Crippen LogP contribution >= 0.6 is 0 Å². The van der Waals surface area contributed by atoms with Crippen molar-refractivity contribution in [2.45, 2.75) is 26.0 Å². The zero-order valence-corrected chi connectivity index (χ0v) is 16.8. The first-order valence-electron chi connectivity index (χ1n) is 10.1. The Bertz CT molecular complexity index is 975. The summed E-state index contributed by atoms with van der Waals surface area (Å²) in [6.07, 6.45) is 3.51. The molecule has 0 fully saturated rings. The van der Waals surface area contributed by atoms with Gasteiger partial charge >= 0.3 is 6.03 Å². The second kappa shape index (κ2) is 9.78. The third kappa shape index (κ3) is 5.50. The Morgan fingerprint density at radius 1 is 1.03 bits per heavy atom. The van der Waals surface area contributed by atoms with Gasteiger partial charge in [0.25, 0.3) is 0 Å². The minimum absolute atomic E-state index is 0.171. The first-order chi connectivity index (χ1) is 14.8. The number of ether oxygens (including phenoxy) is 2. The average Bonchev–Trinajstić information content (AvgIpc) is 3.26. The highest BCUT2D eigenvalue weighted by molar-refractivity contribution is 5.73. The normalized spacial score (nSPS) is 12.0. The summed E-state index contributed by atoms with van der Waals surface area (Å²) in [6.45, 7) is 2.24. The predicted molar refractivity (Wildman–Crippen MR) is 115 cm³/mol. The minimum atomic E-state index is -0.171. The predicted octanol–water partition coefficient (Wildman–Crippen LogP) is 3.64. The van der Waals surface area contributed by atoms with E-state index < -0.39 is 0 Å². The van der Waals surface area contributed by atoms with Gasteiger partial charge in [-0.3, -0.25) is 4.98 Å². The van der Waals surface area contributed by atoms with Crippen LogP contribution in [0.25, 0.3) is 0 Å². The highest BCUT2D eigenvalue weighted by Gasteiger charge is 2.11. The number of carbonyl (C=O) groups is 1. The number of pyridine rings is 1. The van der Waals surface area contributed by atoms with Gasteiger partial charge in [0, 0.05) is 25.7 Å². The van der Waals surface area contributed by atoms with Gasteiger partial charge in [-0.15, -0.1) is 0 Å². The van der Waals surface area contributed by atoms with Gasteiger partial charge in [-0.25, -0.2) is 4.79 Å². The Morgan fingerprint density at radius 2 is 1.90 bits per heavy atom. The van der Waals surface area contributed by atoms with E-state index in [1.54, 1.807) is 6.20 Å². The number of amides is 2. The molecule has 6 nitrogen and oxygen atoms in total. The molecule has 1 aliphatic rings. The van der Waals surface area contributed by atoms with E-state index in [2.05, 4.69) is 27.8 Å². The monoisotopic (exact) mass is 403 g/mol. The molecule has 0 saturated carbocycles. The lowest BCUT2D eigenvalue weighted by Crippen LogP contribution is -2.36. The second-order valence-corrected chi connectivity index (χ2v) is 7.15. The van der Waals surface area contributed by atoms with Crippen molar-refractivity contribution in [2.75, 3.05) is 13.2 Å². The number of aromatic nitrogens is 1. The number of benzene rings is 2. The van der Waals surface area contributed by atoms with Crippen molar-refractivity contribution in [3.63, 3.8) is 0 Å². The number of hydrogen-bond acceptors (Lipinski definition) is 4. The summed E-state index contributed by atoms with van der Waals surface area (Å²) in [4.78, 5) is 16.3. The van der Waals surface area contributed by atoms with E-state index in [0.29, 0.717) is 19.7 Å². The molecule has 0 aliphatic carbocycles. The summed E-state index contributed by atoms with van der Waals surface area (Å²) in [5.41, 5.74) is 4.35. The van der Waals surface area contributed by atoms with Gasteiger partial charge in [0.15, 0.2) is 0 Å². The van der Waals surface area contributed by atoms with E-state index in [1.165, 1.54) is 11.1 Å². The van der Waals surface area contributed by atoms with Crippen LogP contribution in [-0.2, 0) is 26.0 Å². The van der Waals surface area contributed by atoms with E-state index in [0.717, 1.165) is 42.2 Å². The van der Waals surface area contributed by atoms with Crippen LogP contribution in [0.1, 0.15) is 22.4 Å². The van der Waals surface area contributed by atoms with Gasteiger partial charge in [0.1, 0.15) is 18.1 Å². The summed E-state index contributed by atoms with van der Waals surface area (Å²) in [5, 5.41) is 5.79. The molecule has 0 radical (unpaired) electrons. The summed E-state index contributed by atoms with van der Waals surface area (Å²) in [5.74, 6) is 1.76. The van der Waals surface area contributed by atoms with Crippen LogP contribution in [0, 0.1) is 0 Å². The molecule has 0 unspecified atom stereocenters. The third-order valence-corrected chi connectivity index (χ3v) is 4.94. The zero-order chi connectivity index (χ0) is 20.6. The number of urea groups is 1. The number of fused-ring (bicyclic) bond motifs is 1. The molecule has 6 heteroatoms. The largest absolute Gasteiger partial charge is 0.493 e. The molecular weight excluding hydrogens is 378 g/mol. The standard InChI is InChI=1S/C24H25N3O3/c28-24(26-13-10-18-6-9-23-20(15-18)11-14-29-23)27-16-19-4-7-22(8-5-19)30-17-21-3-1-2-12-25-21/h1-9,12,15H,10-11,13-14,16-17H2,(H2,26,27,28). The highest BCUT2D eigenvalue weighted by atomic mass is 16.5. The summed E-state index contributed by atoms with van der Waals surface area (Å²) < 4.78 is 11.2. The Kier molecular flexibility index (Phi) is 6.44. The van der Waals surface area contributed by atoms with Crippen LogP contribution in [0.4, 0.5) is 4.79 Å². The fourth-order valence-corrected chi connectivity index (χ4v) is 3.30. The van der Waals surface area contributed by atoms with E-state index in [-0.39, 0.29) is 6.03 Å². The molecule has 0 saturated heterocycles. The highest BCUT2D eigenvalue weighted by Crippen LogP contribution is 2.25. The van der Waals surface area contributed by atoms with Gasteiger partial charge < -0.3 is 20.1 Å². The lowest BCUT2D eigenvalue weighted by Gasteiger charge is -2.10. The maximum absolute atomic E-state index is 12.0. The second-order valence-electron chi connectivity index (χ2n) is 7.15. The molecule has 0 spiro atoms. The van der Waals surface area contributed by atoms with Crippen molar-refractivity contribution in [2.24, 2.45) is 0 Å². The fourth-order valence-electron chi connectivity index (χ4n) is 3.30. The number of carbonyl (C=O) groups excluding carboxylic acids is 1. The molecule has 2 amide bonds. The topological polar surface area (TPSA) is 72.5 Å². The van der Waals surface area contributed by atoms with Crippen LogP contribution < -0.4 is 20.1 Å². The van der Waals surface area contributed by atoms with Crippen LogP contribution in [0.5, 0.6) is 11.5 Å². The molecule has 2 aromatic carbocycles. The quantitative estimate of drug-likeness (QED) is 0.602. The van der Waals surface area contributed by atoms with E-state index in [4.69, 9.17) is 9.47 Å². The molecule has 0 bridgehead atoms. The Hall–Kier alpha value is -3.54. The Balaban J connectivity index is 1.16. The van der Waals surface area contributed by atoms with Crippen LogP contribution in [0.15, 0.2) is 66.9 Å². The van der Waals surface area contributed by atoms with Gasteiger partial charge in [-0.2, -0.15) is 0 Å². The van der Waals surface area contributed by atoms with E-state index in [9.17, 15) is 4.79 Å². The van der Waals surface area contributed by atoms with Gasteiger partial charge in [-0.1, -0.05) is 30.3 Å². The Morgan fingerprint density at radius 3 is 2.73 bits per heavy atom. The number of rotatable bonds is 8. The molecule has 30 heavy (non-hydrogen) atoms. The lowest BCUT2D eigenvalue weighted by atomic mass is 10.1. The van der Waals surface area contributed by atoms with Crippen LogP contribution in [0.3, 0.4) is 0 Å². The number of nitrogens with one attached hydrogen (secondary N) is 2. The molecule has 154 valence electrons. The van der Waals surface area contributed by atoms with Crippen molar-refractivity contribution in [3.8, 4) is 11.5 Å². The SMILES string of the molecule is O=C(NCCc1ccc2c(c1)CCO2)NCc1ccc(OCc2ccccn2)cc1. The molecule has 2 heterocycles. The number of hydrogen-bond donors (Lipinski definition) is 2. The molecule has 1 aliphatic heterocycles. The van der Waals surface area contributed by atoms with Crippen molar-refractivity contribution in [1.29, 1.82) is 0 Å². The van der Waals surface area contributed by atoms with E-state index in [1.807, 2.05) is 48.5 Å². The maximum atomic E-state index is 12.0. The molecule has 2 N–H and O–H groups in total. The third-order valence-electron chi connectivity index (χ3n) is 4.94. The van der Waals surface area contributed by atoms with Gasteiger partial charge in [-0.05, 0) is 53.4 Å². The van der Waals surface area contributed by atoms with Crippen LogP contribution in [0.2, 0.25) is 0 Å². The molecule has 3 aromatic rings. The molecule has 1 aromatic heterocycles. The smallest absolute Gasteiger partial charge is 0.315 e. The maximum Gasteiger partial charge on any atom is 0.315 e. The summed E-state index contributed by atoms with van der Waals surface area (Å²) >= 11 is 0. The Labute approximate surface area is 176 Å².